The SMILES string of the molecule is Cn1cc(Nc2c(NCc3ccccc3)c(=O)c2=O)c(O)cc1=O. The lowest BCUT2D eigenvalue weighted by molar-refractivity contribution is 0.474. The Hall–Kier alpha value is -3.35. The molecule has 0 unspecified atom stereocenters. The molecule has 0 aliphatic carbocycles. The molecule has 3 aromatic rings. The van der Waals surface area contributed by atoms with Crippen LogP contribution in [0.4, 0.5) is 17.1 Å². The van der Waals surface area contributed by atoms with E-state index in [0.29, 0.717) is 6.54 Å². The molecule has 0 saturated carbocycles. The molecule has 0 saturated heterocycles. The summed E-state index contributed by atoms with van der Waals surface area (Å²) in [5.74, 6) is -0.292. The Labute approximate surface area is 136 Å². The summed E-state index contributed by atoms with van der Waals surface area (Å²) in [6.45, 7) is 0.389. The number of aryl methyl sites for hydroxylation is 1. The zero-order valence-corrected chi connectivity index (χ0v) is 12.9. The second kappa shape index (κ2) is 6.04. The largest absolute Gasteiger partial charge is 0.506 e. The average molecular weight is 325 g/mol. The molecule has 3 rings (SSSR count). The van der Waals surface area contributed by atoms with Crippen LogP contribution in [0.1, 0.15) is 5.56 Å². The van der Waals surface area contributed by atoms with Crippen LogP contribution in [0.3, 0.4) is 0 Å². The number of rotatable bonds is 5. The van der Waals surface area contributed by atoms with E-state index in [1.807, 2.05) is 30.3 Å². The van der Waals surface area contributed by atoms with Crippen molar-refractivity contribution >= 4 is 17.1 Å². The number of aromatic nitrogens is 1. The van der Waals surface area contributed by atoms with Gasteiger partial charge in [-0.3, -0.25) is 14.4 Å². The highest BCUT2D eigenvalue weighted by Crippen LogP contribution is 2.26. The fraction of sp³-hybridized carbons (Fsp3) is 0.118. The van der Waals surface area contributed by atoms with Gasteiger partial charge in [-0.2, -0.15) is 0 Å². The highest BCUT2D eigenvalue weighted by Gasteiger charge is 2.21. The van der Waals surface area contributed by atoms with Gasteiger partial charge in [0.05, 0.1) is 5.69 Å². The maximum Gasteiger partial charge on any atom is 0.254 e. The van der Waals surface area contributed by atoms with Crippen LogP contribution in [0.5, 0.6) is 5.75 Å². The van der Waals surface area contributed by atoms with Crippen molar-refractivity contribution in [1.29, 1.82) is 0 Å². The van der Waals surface area contributed by atoms with E-state index in [4.69, 9.17) is 0 Å². The third kappa shape index (κ3) is 2.79. The number of pyridine rings is 1. The molecular formula is C17H15N3O4. The van der Waals surface area contributed by atoms with E-state index in [2.05, 4.69) is 10.6 Å². The first-order valence-corrected chi connectivity index (χ1v) is 7.25. The normalized spacial score (nSPS) is 10.7. The van der Waals surface area contributed by atoms with Crippen LogP contribution in [-0.2, 0) is 13.6 Å². The Bertz CT molecular complexity index is 1010. The standard InChI is InChI=1S/C17H15N3O4/c1-20-9-11(12(21)7-13(20)22)19-15-14(16(23)17(15)24)18-8-10-5-3-2-4-6-10/h2-7,9,18-19,21H,8H2,1H3. The van der Waals surface area contributed by atoms with Crippen LogP contribution in [0, 0.1) is 0 Å². The minimum Gasteiger partial charge on any atom is -0.506 e. The Balaban J connectivity index is 1.84. The molecule has 24 heavy (non-hydrogen) atoms. The second-order valence-corrected chi connectivity index (χ2v) is 5.39. The van der Waals surface area contributed by atoms with E-state index < -0.39 is 10.9 Å². The van der Waals surface area contributed by atoms with Gasteiger partial charge >= 0.3 is 0 Å². The van der Waals surface area contributed by atoms with E-state index in [-0.39, 0.29) is 28.4 Å². The van der Waals surface area contributed by atoms with Gasteiger partial charge in [-0.15, -0.1) is 0 Å². The van der Waals surface area contributed by atoms with Crippen LogP contribution in [-0.4, -0.2) is 9.67 Å². The minimum atomic E-state index is -0.668. The summed E-state index contributed by atoms with van der Waals surface area (Å²) in [5, 5.41) is 15.5. The maximum absolute atomic E-state index is 11.8. The lowest BCUT2D eigenvalue weighted by atomic mass is 10.1. The molecule has 0 fully saturated rings. The first kappa shape index (κ1) is 15.5. The number of nitrogens with one attached hydrogen (secondary N) is 2. The first-order chi connectivity index (χ1) is 11.5. The fourth-order valence-electron chi connectivity index (χ4n) is 2.32. The van der Waals surface area contributed by atoms with Crippen LogP contribution >= 0.6 is 0 Å². The topological polar surface area (TPSA) is 100 Å². The Kier molecular flexibility index (Phi) is 3.91. The number of aromatic hydroxyl groups is 1. The lowest BCUT2D eigenvalue weighted by Crippen LogP contribution is -2.36. The van der Waals surface area contributed by atoms with Gasteiger partial charge in [0.1, 0.15) is 17.1 Å². The van der Waals surface area contributed by atoms with Crippen LogP contribution in [0.25, 0.3) is 0 Å². The molecule has 3 N–H and O–H groups in total. The van der Waals surface area contributed by atoms with Gasteiger partial charge in [-0.25, -0.2) is 0 Å². The monoisotopic (exact) mass is 325 g/mol. The van der Waals surface area contributed by atoms with E-state index in [9.17, 15) is 19.5 Å². The molecule has 2 aromatic carbocycles. The molecule has 7 heteroatoms. The third-order valence-electron chi connectivity index (χ3n) is 3.69. The van der Waals surface area contributed by atoms with Crippen molar-refractivity contribution in [2.24, 2.45) is 7.05 Å². The highest BCUT2D eigenvalue weighted by molar-refractivity contribution is 5.80. The molecular weight excluding hydrogens is 310 g/mol. The van der Waals surface area contributed by atoms with Crippen molar-refractivity contribution < 1.29 is 5.11 Å². The van der Waals surface area contributed by atoms with Crippen LogP contribution < -0.4 is 27.1 Å². The maximum atomic E-state index is 11.8. The van der Waals surface area contributed by atoms with Gasteiger partial charge in [0, 0.05) is 25.9 Å². The number of hydrogen-bond donors (Lipinski definition) is 3. The van der Waals surface area contributed by atoms with E-state index >= 15 is 0 Å². The summed E-state index contributed by atoms with van der Waals surface area (Å²) >= 11 is 0. The van der Waals surface area contributed by atoms with Crippen molar-refractivity contribution in [3.63, 3.8) is 0 Å². The fourth-order valence-corrected chi connectivity index (χ4v) is 2.32. The van der Waals surface area contributed by atoms with Crippen LogP contribution in [0.2, 0.25) is 0 Å². The van der Waals surface area contributed by atoms with Gasteiger partial charge < -0.3 is 20.3 Å². The number of hydrogen-bond acceptors (Lipinski definition) is 6. The Morgan fingerprint density at radius 1 is 1.04 bits per heavy atom. The lowest BCUT2D eigenvalue weighted by Gasteiger charge is -2.16. The molecule has 7 nitrogen and oxygen atoms in total. The molecule has 0 bridgehead atoms. The van der Waals surface area contributed by atoms with E-state index in [0.717, 1.165) is 11.6 Å². The van der Waals surface area contributed by atoms with Gasteiger partial charge in [0.2, 0.25) is 0 Å². The molecule has 0 radical (unpaired) electrons. The summed E-state index contributed by atoms with van der Waals surface area (Å²) in [7, 11) is 1.52. The van der Waals surface area contributed by atoms with Crippen molar-refractivity contribution in [2.75, 3.05) is 10.6 Å². The quantitative estimate of drug-likeness (QED) is 0.606. The summed E-state index contributed by atoms with van der Waals surface area (Å²) < 4.78 is 1.25. The predicted molar refractivity (Wildman–Crippen MR) is 91.8 cm³/mol. The molecule has 1 aromatic heterocycles. The second-order valence-electron chi connectivity index (χ2n) is 5.39. The number of nitrogens with zero attached hydrogens (tertiary/aromatic N) is 1. The van der Waals surface area contributed by atoms with Crippen molar-refractivity contribution in [1.82, 2.24) is 4.57 Å². The smallest absolute Gasteiger partial charge is 0.254 e. The third-order valence-corrected chi connectivity index (χ3v) is 3.69. The molecule has 122 valence electrons. The molecule has 0 spiro atoms. The summed E-state index contributed by atoms with van der Waals surface area (Å²) in [4.78, 5) is 35.0. The van der Waals surface area contributed by atoms with Gasteiger partial charge in [-0.05, 0) is 5.56 Å². The summed E-state index contributed by atoms with van der Waals surface area (Å²) in [6, 6.07) is 10.5. The summed E-state index contributed by atoms with van der Waals surface area (Å²) in [5.41, 5.74) is -0.294. The molecule has 0 amide bonds. The zero-order valence-electron chi connectivity index (χ0n) is 12.9. The van der Waals surface area contributed by atoms with Crippen molar-refractivity contribution in [2.45, 2.75) is 6.54 Å². The van der Waals surface area contributed by atoms with Crippen molar-refractivity contribution in [3.8, 4) is 5.75 Å². The van der Waals surface area contributed by atoms with Gasteiger partial charge in [0.25, 0.3) is 16.4 Å². The first-order valence-electron chi connectivity index (χ1n) is 7.25. The van der Waals surface area contributed by atoms with Gasteiger partial charge in [-0.1, -0.05) is 30.3 Å². The predicted octanol–water partition coefficient (Wildman–Crippen LogP) is 1.04. The molecule has 0 atom stereocenters. The van der Waals surface area contributed by atoms with Crippen molar-refractivity contribution in [3.05, 3.63) is 79.0 Å². The zero-order chi connectivity index (χ0) is 17.3. The Morgan fingerprint density at radius 2 is 1.71 bits per heavy atom. The number of anilines is 3. The molecule has 1 heterocycles. The van der Waals surface area contributed by atoms with E-state index in [1.54, 1.807) is 0 Å². The van der Waals surface area contributed by atoms with Gasteiger partial charge in [0.15, 0.2) is 0 Å². The minimum absolute atomic E-state index is 0.0740. The Morgan fingerprint density at radius 3 is 2.42 bits per heavy atom. The molecule has 0 aliphatic heterocycles. The molecule has 0 aliphatic rings. The summed E-state index contributed by atoms with van der Waals surface area (Å²) in [6.07, 6.45) is 1.36. The average Bonchev–Trinajstić information content (AvgIpc) is 2.58. The number of benzene rings is 1. The van der Waals surface area contributed by atoms with Crippen LogP contribution in [0.15, 0.2) is 57.0 Å². The van der Waals surface area contributed by atoms with E-state index in [1.165, 1.54) is 17.8 Å². The highest BCUT2D eigenvalue weighted by atomic mass is 16.3.